The van der Waals surface area contributed by atoms with Gasteiger partial charge in [-0.25, -0.2) is 9.18 Å². The van der Waals surface area contributed by atoms with Crippen LogP contribution in [0.25, 0.3) is 0 Å². The molecule has 1 fully saturated rings. The number of nitrogens with zero attached hydrogens (tertiary/aromatic N) is 3. The highest BCUT2D eigenvalue weighted by Crippen LogP contribution is 2.30. The van der Waals surface area contributed by atoms with Crippen molar-refractivity contribution in [3.8, 4) is 0 Å². The summed E-state index contributed by atoms with van der Waals surface area (Å²) in [7, 11) is 0. The Morgan fingerprint density at radius 2 is 1.75 bits per heavy atom. The fraction of sp³-hybridized carbons (Fsp3) is 0.304. The first-order chi connectivity index (χ1) is 15.4. The Morgan fingerprint density at radius 1 is 1.03 bits per heavy atom. The van der Waals surface area contributed by atoms with E-state index in [2.05, 4.69) is 26.9 Å². The maximum absolute atomic E-state index is 13.0. The van der Waals surface area contributed by atoms with Crippen LogP contribution >= 0.6 is 11.3 Å². The highest BCUT2D eigenvalue weighted by atomic mass is 32.1. The second-order valence-corrected chi connectivity index (χ2v) is 9.01. The van der Waals surface area contributed by atoms with Crippen molar-refractivity contribution >= 4 is 34.6 Å². The average molecular weight is 454 g/mol. The summed E-state index contributed by atoms with van der Waals surface area (Å²) in [6.45, 7) is 5.19. The Hall–Kier alpha value is -3.33. The number of likely N-dealkylation sites (tertiary alicyclic amines) is 1. The Balaban J connectivity index is 1.39. The van der Waals surface area contributed by atoms with E-state index in [1.54, 1.807) is 4.90 Å². The van der Waals surface area contributed by atoms with Crippen molar-refractivity contribution in [2.75, 3.05) is 23.7 Å². The third-order valence-corrected chi connectivity index (χ3v) is 6.35. The zero-order chi connectivity index (χ0) is 22.7. The first kappa shape index (κ1) is 21.9. The number of urea groups is 1. The van der Waals surface area contributed by atoms with E-state index in [-0.39, 0.29) is 28.7 Å². The number of aromatic nitrogens is 2. The summed E-state index contributed by atoms with van der Waals surface area (Å²) in [5, 5.41) is 14.9. The smallest absolute Gasteiger partial charge is 0.321 e. The van der Waals surface area contributed by atoms with Crippen LogP contribution in [0.5, 0.6) is 0 Å². The average Bonchev–Trinajstić information content (AvgIpc) is 3.25. The Morgan fingerprint density at radius 3 is 2.47 bits per heavy atom. The maximum atomic E-state index is 13.0. The predicted molar refractivity (Wildman–Crippen MR) is 123 cm³/mol. The number of carbonyl (C=O) groups excluding carboxylic acids is 2. The van der Waals surface area contributed by atoms with Gasteiger partial charge in [-0.15, -0.1) is 10.2 Å². The molecule has 32 heavy (non-hydrogen) atoms. The van der Waals surface area contributed by atoms with E-state index in [0.717, 1.165) is 34.7 Å². The molecule has 3 amide bonds. The predicted octanol–water partition coefficient (Wildman–Crippen LogP) is 4.96. The van der Waals surface area contributed by atoms with E-state index in [9.17, 15) is 14.0 Å². The molecule has 0 bridgehead atoms. The summed E-state index contributed by atoms with van der Waals surface area (Å²) in [4.78, 5) is 27.0. The number of aryl methyl sites for hydroxylation is 2. The van der Waals surface area contributed by atoms with Gasteiger partial charge in [0.05, 0.1) is 0 Å². The SMILES string of the molecule is Cc1cc(C)cc(NC(=O)N2CCCC(c3nnc(C(=O)Nc4ccc(F)cc4)s3)C2)c1. The molecule has 4 rings (SSSR count). The van der Waals surface area contributed by atoms with Crippen molar-refractivity contribution in [3.63, 3.8) is 0 Å². The van der Waals surface area contributed by atoms with Crippen LogP contribution in [0, 0.1) is 19.7 Å². The van der Waals surface area contributed by atoms with Crippen LogP contribution in [-0.2, 0) is 0 Å². The van der Waals surface area contributed by atoms with E-state index in [1.807, 2.05) is 26.0 Å². The van der Waals surface area contributed by atoms with Gasteiger partial charge in [0.1, 0.15) is 10.8 Å². The first-order valence-corrected chi connectivity index (χ1v) is 11.2. The Bertz CT molecular complexity index is 1110. The zero-order valence-corrected chi connectivity index (χ0v) is 18.7. The molecule has 2 heterocycles. The van der Waals surface area contributed by atoms with Gasteiger partial charge < -0.3 is 15.5 Å². The molecule has 3 aromatic rings. The number of piperidine rings is 1. The number of rotatable bonds is 4. The molecule has 0 aliphatic carbocycles. The second kappa shape index (κ2) is 9.44. The van der Waals surface area contributed by atoms with Gasteiger partial charge >= 0.3 is 6.03 Å². The monoisotopic (exact) mass is 453 g/mol. The van der Waals surface area contributed by atoms with Gasteiger partial charge in [-0.1, -0.05) is 17.4 Å². The molecule has 1 saturated heterocycles. The van der Waals surface area contributed by atoms with E-state index >= 15 is 0 Å². The molecule has 1 aliphatic heterocycles. The third-order valence-electron chi connectivity index (χ3n) is 5.27. The summed E-state index contributed by atoms with van der Waals surface area (Å²) in [5.41, 5.74) is 3.46. The van der Waals surface area contributed by atoms with Gasteiger partial charge in [0.25, 0.3) is 5.91 Å². The normalized spacial score (nSPS) is 16.0. The van der Waals surface area contributed by atoms with Crippen LogP contribution in [0.15, 0.2) is 42.5 Å². The lowest BCUT2D eigenvalue weighted by Crippen LogP contribution is -2.41. The lowest BCUT2D eigenvalue weighted by molar-refractivity contribution is 0.102. The Kier molecular flexibility index (Phi) is 6.45. The molecular weight excluding hydrogens is 429 g/mol. The maximum Gasteiger partial charge on any atom is 0.321 e. The largest absolute Gasteiger partial charge is 0.324 e. The Labute approximate surface area is 189 Å². The molecular formula is C23H24FN5O2S. The van der Waals surface area contributed by atoms with E-state index in [0.29, 0.717) is 18.8 Å². The molecule has 1 aromatic heterocycles. The fourth-order valence-corrected chi connectivity index (χ4v) is 4.69. The van der Waals surface area contributed by atoms with E-state index in [1.165, 1.54) is 35.6 Å². The number of carbonyl (C=O) groups is 2. The molecule has 1 aliphatic rings. The van der Waals surface area contributed by atoms with Crippen molar-refractivity contribution < 1.29 is 14.0 Å². The molecule has 2 aromatic carbocycles. The van der Waals surface area contributed by atoms with Crippen LogP contribution in [0.2, 0.25) is 0 Å². The van der Waals surface area contributed by atoms with E-state index < -0.39 is 0 Å². The molecule has 0 saturated carbocycles. The van der Waals surface area contributed by atoms with Gasteiger partial charge in [0.2, 0.25) is 5.01 Å². The zero-order valence-electron chi connectivity index (χ0n) is 17.9. The van der Waals surface area contributed by atoms with Crippen LogP contribution in [0.3, 0.4) is 0 Å². The minimum Gasteiger partial charge on any atom is -0.324 e. The third kappa shape index (κ3) is 5.28. The molecule has 1 unspecified atom stereocenters. The highest BCUT2D eigenvalue weighted by molar-refractivity contribution is 7.13. The highest BCUT2D eigenvalue weighted by Gasteiger charge is 2.28. The van der Waals surface area contributed by atoms with Crippen LogP contribution in [0.4, 0.5) is 20.6 Å². The van der Waals surface area contributed by atoms with Crippen molar-refractivity contribution in [1.82, 2.24) is 15.1 Å². The second-order valence-electron chi connectivity index (χ2n) is 8.00. The molecule has 7 nitrogen and oxygen atoms in total. The summed E-state index contributed by atoms with van der Waals surface area (Å²) in [6.07, 6.45) is 1.73. The van der Waals surface area contributed by atoms with Crippen LogP contribution < -0.4 is 10.6 Å². The van der Waals surface area contributed by atoms with Crippen molar-refractivity contribution in [2.45, 2.75) is 32.6 Å². The lowest BCUT2D eigenvalue weighted by Gasteiger charge is -2.31. The fourth-order valence-electron chi connectivity index (χ4n) is 3.82. The summed E-state index contributed by atoms with van der Waals surface area (Å²) in [5.74, 6) is -0.733. The van der Waals surface area contributed by atoms with Gasteiger partial charge in [0.15, 0.2) is 0 Å². The quantitative estimate of drug-likeness (QED) is 0.585. The minimum atomic E-state index is -0.388. The van der Waals surface area contributed by atoms with Crippen molar-refractivity contribution in [2.24, 2.45) is 0 Å². The molecule has 9 heteroatoms. The molecule has 2 N–H and O–H groups in total. The van der Waals surface area contributed by atoms with E-state index in [4.69, 9.17) is 0 Å². The molecule has 0 spiro atoms. The van der Waals surface area contributed by atoms with Crippen LogP contribution in [0.1, 0.15) is 44.7 Å². The summed E-state index contributed by atoms with van der Waals surface area (Å²) in [6, 6.07) is 11.4. The lowest BCUT2D eigenvalue weighted by atomic mass is 9.99. The number of benzene rings is 2. The number of hydrogen-bond donors (Lipinski definition) is 2. The molecule has 1 atom stereocenters. The molecule has 0 radical (unpaired) electrons. The summed E-state index contributed by atoms with van der Waals surface area (Å²) >= 11 is 1.22. The number of nitrogens with one attached hydrogen (secondary N) is 2. The minimum absolute atomic E-state index is 0.0265. The number of hydrogen-bond acceptors (Lipinski definition) is 5. The number of anilines is 2. The number of amides is 3. The van der Waals surface area contributed by atoms with Gasteiger partial charge in [-0.05, 0) is 74.2 Å². The van der Waals surface area contributed by atoms with Crippen LogP contribution in [-0.4, -0.2) is 40.1 Å². The van der Waals surface area contributed by atoms with Gasteiger partial charge in [-0.3, -0.25) is 4.79 Å². The standard InChI is InChI=1S/C23H24FN5O2S/c1-14-10-15(2)12-19(11-14)26-23(31)29-9-3-4-16(13-29)21-27-28-22(32-21)20(30)25-18-7-5-17(24)6-8-18/h5-8,10-12,16H,3-4,9,13H2,1-2H3,(H,25,30)(H,26,31). The number of halogens is 1. The van der Waals surface area contributed by atoms with Crippen molar-refractivity contribution in [1.29, 1.82) is 0 Å². The van der Waals surface area contributed by atoms with Crippen molar-refractivity contribution in [3.05, 3.63) is 69.4 Å². The topological polar surface area (TPSA) is 87.2 Å². The van der Waals surface area contributed by atoms with Gasteiger partial charge in [-0.2, -0.15) is 0 Å². The summed E-state index contributed by atoms with van der Waals surface area (Å²) < 4.78 is 13.0. The van der Waals surface area contributed by atoms with Gasteiger partial charge in [0, 0.05) is 30.4 Å². The molecule has 166 valence electrons. The first-order valence-electron chi connectivity index (χ1n) is 10.4.